The number of hydrogen-bond acceptors (Lipinski definition) is 3. The predicted octanol–water partition coefficient (Wildman–Crippen LogP) is 2.19. The number of carbonyl (C=O) groups is 1. The quantitative estimate of drug-likeness (QED) is 0.549. The summed E-state index contributed by atoms with van der Waals surface area (Å²) >= 11 is 0. The fourth-order valence-electron chi connectivity index (χ4n) is 1.32. The first-order valence-corrected chi connectivity index (χ1v) is 4.98. The third kappa shape index (κ3) is 4.49. The Morgan fingerprint density at radius 2 is 2.20 bits per heavy atom. The SMILES string of the molecule is COc1cccc(CCCOC(C)=O)c1. The zero-order chi connectivity index (χ0) is 11.1. The highest BCUT2D eigenvalue weighted by Gasteiger charge is 1.97. The molecule has 0 bridgehead atoms. The number of ether oxygens (including phenoxy) is 2. The maximum Gasteiger partial charge on any atom is 0.302 e. The van der Waals surface area contributed by atoms with Gasteiger partial charge in [-0.05, 0) is 30.5 Å². The van der Waals surface area contributed by atoms with E-state index in [1.165, 1.54) is 12.5 Å². The minimum atomic E-state index is -0.222. The van der Waals surface area contributed by atoms with Gasteiger partial charge in [-0.25, -0.2) is 0 Å². The summed E-state index contributed by atoms with van der Waals surface area (Å²) in [7, 11) is 1.65. The van der Waals surface area contributed by atoms with Gasteiger partial charge < -0.3 is 9.47 Å². The zero-order valence-corrected chi connectivity index (χ0v) is 9.16. The zero-order valence-electron chi connectivity index (χ0n) is 9.16. The monoisotopic (exact) mass is 208 g/mol. The van der Waals surface area contributed by atoms with Crippen LogP contribution in [-0.2, 0) is 16.0 Å². The number of hydrogen-bond donors (Lipinski definition) is 0. The summed E-state index contributed by atoms with van der Waals surface area (Å²) in [6.07, 6.45) is 1.73. The summed E-state index contributed by atoms with van der Waals surface area (Å²) in [5, 5.41) is 0. The van der Waals surface area contributed by atoms with Gasteiger partial charge in [-0.2, -0.15) is 0 Å². The van der Waals surface area contributed by atoms with Crippen LogP contribution in [0.3, 0.4) is 0 Å². The maximum absolute atomic E-state index is 10.5. The number of aryl methyl sites for hydroxylation is 1. The first kappa shape index (κ1) is 11.6. The van der Waals surface area contributed by atoms with Crippen molar-refractivity contribution in [1.29, 1.82) is 0 Å². The van der Waals surface area contributed by atoms with Crippen molar-refractivity contribution >= 4 is 5.97 Å². The average molecular weight is 208 g/mol. The Morgan fingerprint density at radius 3 is 2.87 bits per heavy atom. The number of esters is 1. The van der Waals surface area contributed by atoms with Gasteiger partial charge in [0.05, 0.1) is 13.7 Å². The molecule has 0 saturated carbocycles. The molecule has 3 nitrogen and oxygen atoms in total. The van der Waals surface area contributed by atoms with Gasteiger partial charge in [0.25, 0.3) is 0 Å². The lowest BCUT2D eigenvalue weighted by Gasteiger charge is -2.04. The highest BCUT2D eigenvalue weighted by atomic mass is 16.5. The van der Waals surface area contributed by atoms with E-state index in [1.54, 1.807) is 7.11 Å². The van der Waals surface area contributed by atoms with Crippen molar-refractivity contribution in [2.24, 2.45) is 0 Å². The Bertz CT molecular complexity index is 320. The van der Waals surface area contributed by atoms with E-state index in [-0.39, 0.29) is 5.97 Å². The molecule has 0 atom stereocenters. The van der Waals surface area contributed by atoms with Crippen LogP contribution < -0.4 is 4.74 Å². The summed E-state index contributed by atoms with van der Waals surface area (Å²) in [5.74, 6) is 0.639. The second kappa shape index (κ2) is 6.06. The molecule has 0 amide bonds. The van der Waals surface area contributed by atoms with Crippen LogP contribution in [0.25, 0.3) is 0 Å². The molecule has 1 aromatic carbocycles. The highest BCUT2D eigenvalue weighted by Crippen LogP contribution is 2.13. The lowest BCUT2D eigenvalue weighted by atomic mass is 10.1. The van der Waals surface area contributed by atoms with Crippen LogP contribution in [0.15, 0.2) is 24.3 Å². The van der Waals surface area contributed by atoms with E-state index in [1.807, 2.05) is 24.3 Å². The fourth-order valence-corrected chi connectivity index (χ4v) is 1.32. The second-order valence-electron chi connectivity index (χ2n) is 3.30. The summed E-state index contributed by atoms with van der Waals surface area (Å²) < 4.78 is 9.96. The molecule has 82 valence electrons. The van der Waals surface area contributed by atoms with Gasteiger partial charge in [0, 0.05) is 6.92 Å². The Hall–Kier alpha value is -1.51. The van der Waals surface area contributed by atoms with Crippen LogP contribution in [0.1, 0.15) is 18.9 Å². The van der Waals surface area contributed by atoms with Crippen LogP contribution in [0.5, 0.6) is 5.75 Å². The standard InChI is InChI=1S/C12H16O3/c1-10(13)15-8-4-6-11-5-3-7-12(9-11)14-2/h3,5,7,9H,4,6,8H2,1-2H3. The van der Waals surface area contributed by atoms with E-state index in [0.29, 0.717) is 6.61 Å². The number of carbonyl (C=O) groups excluding carboxylic acids is 1. The molecule has 3 heteroatoms. The molecule has 0 radical (unpaired) electrons. The molecule has 0 unspecified atom stereocenters. The Morgan fingerprint density at radius 1 is 1.40 bits per heavy atom. The van der Waals surface area contributed by atoms with Crippen LogP contribution in [0.2, 0.25) is 0 Å². The van der Waals surface area contributed by atoms with E-state index in [9.17, 15) is 4.79 Å². The van der Waals surface area contributed by atoms with Gasteiger partial charge in [0.2, 0.25) is 0 Å². The third-order valence-electron chi connectivity index (χ3n) is 2.05. The number of benzene rings is 1. The molecular weight excluding hydrogens is 192 g/mol. The molecule has 0 aromatic heterocycles. The molecule has 0 heterocycles. The Balaban J connectivity index is 2.33. The predicted molar refractivity (Wildman–Crippen MR) is 57.9 cm³/mol. The first-order chi connectivity index (χ1) is 7.22. The second-order valence-corrected chi connectivity index (χ2v) is 3.30. The van der Waals surface area contributed by atoms with Crippen LogP contribution in [0.4, 0.5) is 0 Å². The van der Waals surface area contributed by atoms with E-state index < -0.39 is 0 Å². The normalized spacial score (nSPS) is 9.73. The van der Waals surface area contributed by atoms with Gasteiger partial charge in [0.15, 0.2) is 0 Å². The molecule has 1 rings (SSSR count). The average Bonchev–Trinajstić information content (AvgIpc) is 2.24. The molecule has 0 aliphatic carbocycles. The Labute approximate surface area is 90.0 Å². The van der Waals surface area contributed by atoms with Crippen molar-refractivity contribution in [1.82, 2.24) is 0 Å². The summed E-state index contributed by atoms with van der Waals surface area (Å²) in [6, 6.07) is 7.90. The maximum atomic E-state index is 10.5. The topological polar surface area (TPSA) is 35.5 Å². The van der Waals surface area contributed by atoms with Crippen molar-refractivity contribution in [3.63, 3.8) is 0 Å². The van der Waals surface area contributed by atoms with Gasteiger partial charge in [-0.1, -0.05) is 12.1 Å². The van der Waals surface area contributed by atoms with Crippen molar-refractivity contribution in [3.05, 3.63) is 29.8 Å². The molecule has 0 aliphatic heterocycles. The summed E-state index contributed by atoms with van der Waals surface area (Å²) in [5.41, 5.74) is 1.20. The van der Waals surface area contributed by atoms with E-state index in [0.717, 1.165) is 18.6 Å². The molecule has 0 N–H and O–H groups in total. The summed E-state index contributed by atoms with van der Waals surface area (Å²) in [4.78, 5) is 10.5. The smallest absolute Gasteiger partial charge is 0.302 e. The van der Waals surface area contributed by atoms with Crippen molar-refractivity contribution in [3.8, 4) is 5.75 Å². The van der Waals surface area contributed by atoms with Gasteiger partial charge >= 0.3 is 5.97 Å². The van der Waals surface area contributed by atoms with Crippen LogP contribution in [-0.4, -0.2) is 19.7 Å². The first-order valence-electron chi connectivity index (χ1n) is 4.98. The number of methoxy groups -OCH3 is 1. The lowest BCUT2D eigenvalue weighted by molar-refractivity contribution is -0.141. The van der Waals surface area contributed by atoms with E-state index in [4.69, 9.17) is 9.47 Å². The lowest BCUT2D eigenvalue weighted by Crippen LogP contribution is -2.01. The van der Waals surface area contributed by atoms with Crippen molar-refractivity contribution in [2.75, 3.05) is 13.7 Å². The summed E-state index contributed by atoms with van der Waals surface area (Å²) in [6.45, 7) is 1.90. The van der Waals surface area contributed by atoms with Crippen LogP contribution >= 0.6 is 0 Å². The molecule has 0 fully saturated rings. The number of rotatable bonds is 5. The Kier molecular flexibility index (Phi) is 4.68. The molecular formula is C12H16O3. The van der Waals surface area contributed by atoms with Crippen LogP contribution in [0, 0.1) is 0 Å². The highest BCUT2D eigenvalue weighted by molar-refractivity contribution is 5.65. The minimum Gasteiger partial charge on any atom is -0.497 e. The van der Waals surface area contributed by atoms with Crippen molar-refractivity contribution in [2.45, 2.75) is 19.8 Å². The van der Waals surface area contributed by atoms with E-state index >= 15 is 0 Å². The van der Waals surface area contributed by atoms with Gasteiger partial charge in [-0.3, -0.25) is 4.79 Å². The van der Waals surface area contributed by atoms with Crippen molar-refractivity contribution < 1.29 is 14.3 Å². The molecule has 15 heavy (non-hydrogen) atoms. The third-order valence-corrected chi connectivity index (χ3v) is 2.05. The van der Waals surface area contributed by atoms with Gasteiger partial charge in [0.1, 0.15) is 5.75 Å². The largest absolute Gasteiger partial charge is 0.497 e. The fraction of sp³-hybridized carbons (Fsp3) is 0.417. The minimum absolute atomic E-state index is 0.222. The molecule has 1 aromatic rings. The van der Waals surface area contributed by atoms with E-state index in [2.05, 4.69) is 0 Å². The molecule has 0 saturated heterocycles. The molecule has 0 spiro atoms. The molecule has 0 aliphatic rings. The van der Waals surface area contributed by atoms with Gasteiger partial charge in [-0.15, -0.1) is 0 Å².